The van der Waals surface area contributed by atoms with Crippen LogP contribution in [0.5, 0.6) is 46.1 Å². The molecular weight excluding hydrogens is 1150 g/mol. The van der Waals surface area contributed by atoms with Gasteiger partial charge in [0, 0.05) is 110 Å². The third kappa shape index (κ3) is 15.1. The van der Waals surface area contributed by atoms with E-state index in [1.807, 2.05) is 30.3 Å². The number of ether oxygens (including phenoxy) is 8. The Labute approximate surface area is 509 Å². The first-order valence-corrected chi connectivity index (χ1v) is 28.8. The Morgan fingerprint density at radius 3 is 1.75 bits per heavy atom. The summed E-state index contributed by atoms with van der Waals surface area (Å²) in [6.45, 7) is 9.75. The van der Waals surface area contributed by atoms with Crippen molar-refractivity contribution in [2.24, 2.45) is 0 Å². The number of nitrogens with zero attached hydrogens (tertiary/aromatic N) is 8. The molecule has 10 aromatic rings. The van der Waals surface area contributed by atoms with Crippen molar-refractivity contribution in [3.05, 3.63) is 191 Å². The van der Waals surface area contributed by atoms with Gasteiger partial charge in [-0.3, -0.25) is 39.1 Å². The SMILES string of the molecule is COc1cc2c(Oc3ccc(NC(=O)c4cccc5cccnc45)cc3F)ccnc2cc1OCCCN1CCOCC1.COc1cc2c(Oc3ccc(NC(=O)c4ccnn(-c5ccc(F)cc5)c4=O)cn3)ccnc2cc1OCCCN1CCOCC1. The number of para-hydroxylation sites is 1. The molecule has 0 radical (unpaired) electrons. The fraction of sp³-hybridized carbons (Fsp3) is 0.242. The number of anilines is 2. The lowest BCUT2D eigenvalue weighted by Gasteiger charge is -2.26. The molecule has 0 saturated carbocycles. The normalized spacial score (nSPS) is 13.5. The Morgan fingerprint density at radius 1 is 0.551 bits per heavy atom. The molecule has 0 atom stereocenters. The van der Waals surface area contributed by atoms with Crippen molar-refractivity contribution in [2.45, 2.75) is 12.8 Å². The number of aromatic nitrogens is 6. The fourth-order valence-corrected chi connectivity index (χ4v) is 10.0. The quantitative estimate of drug-likeness (QED) is 0.0638. The minimum absolute atomic E-state index is 0.000248. The molecular formula is C66H62F2N10O11. The lowest BCUT2D eigenvalue weighted by Crippen LogP contribution is -2.37. The van der Waals surface area contributed by atoms with Gasteiger partial charge in [0.05, 0.1) is 93.5 Å². The maximum absolute atomic E-state index is 15.2. The second-order valence-corrected chi connectivity index (χ2v) is 20.4. The molecule has 0 bridgehead atoms. The van der Waals surface area contributed by atoms with E-state index in [2.05, 4.69) is 45.5 Å². The minimum atomic E-state index is -0.652. The van der Waals surface area contributed by atoms with Crippen molar-refractivity contribution < 1.29 is 56.3 Å². The molecule has 2 saturated heterocycles. The maximum Gasteiger partial charge on any atom is 0.284 e. The Bertz CT molecular complexity index is 4170. The third-order valence-corrected chi connectivity index (χ3v) is 14.6. The molecule has 89 heavy (non-hydrogen) atoms. The number of carbonyl (C=O) groups is 2. The van der Waals surface area contributed by atoms with E-state index in [0.29, 0.717) is 97.7 Å². The van der Waals surface area contributed by atoms with Gasteiger partial charge < -0.3 is 48.5 Å². The lowest BCUT2D eigenvalue weighted by atomic mass is 10.1. The van der Waals surface area contributed by atoms with Gasteiger partial charge in [0.15, 0.2) is 34.6 Å². The molecule has 2 N–H and O–H groups in total. The number of amides is 2. The van der Waals surface area contributed by atoms with E-state index in [-0.39, 0.29) is 23.1 Å². The summed E-state index contributed by atoms with van der Waals surface area (Å²) in [6, 6.07) is 33.6. The summed E-state index contributed by atoms with van der Waals surface area (Å²) in [4.78, 5) is 61.1. The van der Waals surface area contributed by atoms with Crippen LogP contribution in [-0.4, -0.2) is 144 Å². The third-order valence-electron chi connectivity index (χ3n) is 14.6. The van der Waals surface area contributed by atoms with Gasteiger partial charge in [0.25, 0.3) is 17.4 Å². The topological polar surface area (TPSA) is 225 Å². The number of nitrogens with one attached hydrogen (secondary N) is 2. The highest BCUT2D eigenvalue weighted by Crippen LogP contribution is 2.39. The van der Waals surface area contributed by atoms with Crippen molar-refractivity contribution in [3.63, 3.8) is 0 Å². The van der Waals surface area contributed by atoms with Crippen LogP contribution in [0.2, 0.25) is 0 Å². The summed E-state index contributed by atoms with van der Waals surface area (Å²) in [6.07, 6.45) is 9.34. The molecule has 0 aliphatic carbocycles. The predicted molar refractivity (Wildman–Crippen MR) is 330 cm³/mol. The Hall–Kier alpha value is -10.2. The molecule has 2 aliphatic rings. The van der Waals surface area contributed by atoms with Crippen LogP contribution in [-0.2, 0) is 9.47 Å². The van der Waals surface area contributed by atoms with Crippen molar-refractivity contribution >= 4 is 55.9 Å². The van der Waals surface area contributed by atoms with Crippen molar-refractivity contribution in [1.82, 2.24) is 39.5 Å². The monoisotopic (exact) mass is 1210 g/mol. The molecule has 23 heteroatoms. The van der Waals surface area contributed by atoms with Crippen LogP contribution in [0.25, 0.3) is 38.4 Å². The van der Waals surface area contributed by atoms with Gasteiger partial charge in [-0.2, -0.15) is 9.78 Å². The number of pyridine rings is 4. The van der Waals surface area contributed by atoms with E-state index >= 15 is 4.39 Å². The van der Waals surface area contributed by atoms with E-state index in [1.54, 1.807) is 87.4 Å². The largest absolute Gasteiger partial charge is 0.493 e. The molecule has 456 valence electrons. The number of carbonyl (C=O) groups excluding carboxylic acids is 2. The van der Waals surface area contributed by atoms with Crippen molar-refractivity contribution in [3.8, 4) is 51.8 Å². The molecule has 2 fully saturated rings. The van der Waals surface area contributed by atoms with Crippen LogP contribution in [0.3, 0.4) is 0 Å². The van der Waals surface area contributed by atoms with Crippen LogP contribution in [0.4, 0.5) is 20.2 Å². The maximum atomic E-state index is 15.2. The molecule has 12 rings (SSSR count). The van der Waals surface area contributed by atoms with Crippen LogP contribution in [0, 0.1) is 11.6 Å². The van der Waals surface area contributed by atoms with Crippen molar-refractivity contribution in [1.29, 1.82) is 0 Å². The number of hydrogen-bond acceptors (Lipinski definition) is 18. The van der Waals surface area contributed by atoms with E-state index in [0.717, 1.165) is 88.6 Å². The van der Waals surface area contributed by atoms with Crippen LogP contribution in [0.1, 0.15) is 33.6 Å². The highest BCUT2D eigenvalue weighted by Gasteiger charge is 2.20. The molecule has 2 aliphatic heterocycles. The molecule has 5 aromatic carbocycles. The van der Waals surface area contributed by atoms with Gasteiger partial charge in [-0.25, -0.2) is 13.8 Å². The molecule has 7 heterocycles. The zero-order chi connectivity index (χ0) is 61.5. The minimum Gasteiger partial charge on any atom is -0.493 e. The summed E-state index contributed by atoms with van der Waals surface area (Å²) in [5, 5.41) is 11.6. The molecule has 0 spiro atoms. The summed E-state index contributed by atoms with van der Waals surface area (Å²) in [7, 11) is 3.15. The number of methoxy groups -OCH3 is 2. The Morgan fingerprint density at radius 2 is 1.15 bits per heavy atom. The Kier molecular flexibility index (Phi) is 19.7. The lowest BCUT2D eigenvalue weighted by molar-refractivity contribution is 0.0357. The summed E-state index contributed by atoms with van der Waals surface area (Å²) in [5.74, 6) is 1.31. The molecule has 21 nitrogen and oxygen atoms in total. The molecule has 2 amide bonds. The van der Waals surface area contributed by atoms with Crippen molar-refractivity contribution in [2.75, 3.05) is 104 Å². The second-order valence-electron chi connectivity index (χ2n) is 20.4. The number of hydrogen-bond donors (Lipinski definition) is 2. The predicted octanol–water partition coefficient (Wildman–Crippen LogP) is 10.5. The number of benzene rings is 5. The zero-order valence-electron chi connectivity index (χ0n) is 48.7. The van der Waals surface area contributed by atoms with E-state index in [1.165, 1.54) is 54.9 Å². The van der Waals surface area contributed by atoms with E-state index < -0.39 is 23.1 Å². The average molecular weight is 1210 g/mol. The number of halogens is 2. The van der Waals surface area contributed by atoms with Gasteiger partial charge in [0.1, 0.15) is 22.9 Å². The van der Waals surface area contributed by atoms with Gasteiger partial charge in [-0.15, -0.1) is 0 Å². The second kappa shape index (κ2) is 29.0. The Balaban J connectivity index is 0.000000184. The highest BCUT2D eigenvalue weighted by atomic mass is 19.1. The smallest absolute Gasteiger partial charge is 0.284 e. The number of morpholine rings is 2. The van der Waals surface area contributed by atoms with Crippen LogP contribution < -0.4 is 44.6 Å². The van der Waals surface area contributed by atoms with Crippen LogP contribution in [0.15, 0.2) is 163 Å². The standard InChI is InChI=1S/C33H31FN6O6.C33H31FN4O5/c1-43-29-19-26-27(20-30(29)45-16-2-13-39-14-17-44-18-15-39)35-11-10-28(26)46-31-8-5-23(21-36-31)38-32(41)25-9-12-37-40(33(25)42)24-6-3-22(34)4-7-24;1-40-30-20-25-27(21-31(30)42-16-4-13-38-14-17-41-18-15-38)35-12-10-28(25)43-29-9-8-23(19-26(29)34)37-33(39)24-7-2-5-22-6-3-11-36-32(22)24/h3-12,19-21H,2,13-18H2,1H3,(H,38,41);2-3,5-12,19-21H,4,13-18H2,1H3,(H,37,39). The number of rotatable bonds is 21. The summed E-state index contributed by atoms with van der Waals surface area (Å²) >= 11 is 0. The first-order valence-electron chi connectivity index (χ1n) is 28.8. The first kappa shape index (κ1) is 60.5. The zero-order valence-corrected chi connectivity index (χ0v) is 48.7. The van der Waals surface area contributed by atoms with Gasteiger partial charge in [0.2, 0.25) is 5.88 Å². The van der Waals surface area contributed by atoms with E-state index in [4.69, 9.17) is 37.9 Å². The number of fused-ring (bicyclic) bond motifs is 3. The van der Waals surface area contributed by atoms with Gasteiger partial charge in [-0.05, 0) is 97.8 Å². The first-order chi connectivity index (χ1) is 43.6. The molecule has 5 aromatic heterocycles. The molecule has 0 unspecified atom stereocenters. The highest BCUT2D eigenvalue weighted by molar-refractivity contribution is 6.12. The fourth-order valence-electron chi connectivity index (χ4n) is 10.0. The summed E-state index contributed by atoms with van der Waals surface area (Å²) in [5.41, 5.74) is 2.43. The van der Waals surface area contributed by atoms with Gasteiger partial charge >= 0.3 is 0 Å². The van der Waals surface area contributed by atoms with E-state index in [9.17, 15) is 18.8 Å². The summed E-state index contributed by atoms with van der Waals surface area (Å²) < 4.78 is 75.7. The van der Waals surface area contributed by atoms with Gasteiger partial charge in [-0.1, -0.05) is 18.2 Å². The van der Waals surface area contributed by atoms with Crippen LogP contribution >= 0.6 is 0 Å². The average Bonchev–Trinajstić information content (AvgIpc) is 2.57.